The first kappa shape index (κ1) is 5.65. The molecule has 44 valence electrons. The fraction of sp³-hybridized carbons (Fsp3) is 0.625. The van der Waals surface area contributed by atoms with E-state index in [4.69, 9.17) is 0 Å². The lowest BCUT2D eigenvalue weighted by molar-refractivity contribution is 0.755. The van der Waals surface area contributed by atoms with Crippen molar-refractivity contribution in [2.75, 3.05) is 0 Å². The highest BCUT2D eigenvalue weighted by Crippen LogP contribution is 2.10. The van der Waals surface area contributed by atoms with Gasteiger partial charge in [-0.3, -0.25) is 0 Å². The lowest BCUT2D eigenvalue weighted by Gasteiger charge is -1.90. The summed E-state index contributed by atoms with van der Waals surface area (Å²) in [6.45, 7) is 2.15. The van der Waals surface area contributed by atoms with Crippen LogP contribution in [-0.2, 0) is 0 Å². The van der Waals surface area contributed by atoms with Crippen molar-refractivity contribution in [2.45, 2.75) is 32.6 Å². The molecule has 8 heavy (non-hydrogen) atoms. The van der Waals surface area contributed by atoms with Crippen LogP contribution in [0.1, 0.15) is 32.6 Å². The Bertz CT molecular complexity index is 125. The van der Waals surface area contributed by atoms with Gasteiger partial charge in [0.25, 0.3) is 0 Å². The molecule has 0 fully saturated rings. The molecule has 0 aromatic heterocycles. The molecule has 1 aliphatic rings. The largest absolute Gasteiger partial charge is 0.126 e. The summed E-state index contributed by atoms with van der Waals surface area (Å²) in [6.07, 6.45) is 7.36. The summed E-state index contributed by atoms with van der Waals surface area (Å²) in [5.74, 6) is 0. The van der Waals surface area contributed by atoms with Crippen molar-refractivity contribution in [3.63, 3.8) is 0 Å². The predicted molar refractivity (Wildman–Crippen MR) is 35.7 cm³/mol. The van der Waals surface area contributed by atoms with Crippen LogP contribution in [0.25, 0.3) is 0 Å². The molecule has 0 aromatic carbocycles. The summed E-state index contributed by atoms with van der Waals surface area (Å²) in [5.41, 5.74) is 4.66. The van der Waals surface area contributed by atoms with Crippen LogP contribution in [-0.4, -0.2) is 0 Å². The maximum atomic E-state index is 3.24. The second kappa shape index (κ2) is 2.74. The minimum Gasteiger partial charge on any atom is -0.126 e. The SMILES string of the molecule is CC1=C=CCCCC1. The first-order chi connectivity index (χ1) is 3.89. The molecule has 1 aliphatic carbocycles. The molecule has 0 bridgehead atoms. The lowest BCUT2D eigenvalue weighted by Crippen LogP contribution is -1.72. The van der Waals surface area contributed by atoms with Gasteiger partial charge in [0.2, 0.25) is 0 Å². The van der Waals surface area contributed by atoms with E-state index in [1.54, 1.807) is 0 Å². The minimum atomic E-state index is 1.23. The molecular weight excluding hydrogens is 96.1 g/mol. The van der Waals surface area contributed by atoms with Crippen LogP contribution in [0.15, 0.2) is 17.4 Å². The molecule has 0 aliphatic heterocycles. The molecule has 0 heteroatoms. The summed E-state index contributed by atoms with van der Waals surface area (Å²) in [6, 6.07) is 0. The third kappa shape index (κ3) is 1.55. The molecule has 0 heterocycles. The zero-order valence-electron chi connectivity index (χ0n) is 5.41. The minimum absolute atomic E-state index is 1.23. The van der Waals surface area contributed by atoms with Gasteiger partial charge in [0.1, 0.15) is 0 Å². The third-order valence-corrected chi connectivity index (χ3v) is 1.50. The van der Waals surface area contributed by atoms with Crippen molar-refractivity contribution in [3.8, 4) is 0 Å². The van der Waals surface area contributed by atoms with Crippen LogP contribution in [0, 0.1) is 0 Å². The average molecular weight is 108 g/mol. The van der Waals surface area contributed by atoms with E-state index in [2.05, 4.69) is 18.7 Å². The summed E-state index contributed by atoms with van der Waals surface area (Å²) in [4.78, 5) is 0. The van der Waals surface area contributed by atoms with E-state index in [0.29, 0.717) is 0 Å². The topological polar surface area (TPSA) is 0 Å². The van der Waals surface area contributed by atoms with Gasteiger partial charge in [-0.05, 0) is 44.3 Å². The normalized spacial score (nSPS) is 19.9. The molecule has 0 saturated heterocycles. The van der Waals surface area contributed by atoms with E-state index in [-0.39, 0.29) is 0 Å². The van der Waals surface area contributed by atoms with Gasteiger partial charge in [-0.25, -0.2) is 0 Å². The van der Waals surface area contributed by atoms with Crippen LogP contribution in [0.3, 0.4) is 0 Å². The van der Waals surface area contributed by atoms with Gasteiger partial charge in [0.15, 0.2) is 0 Å². The zero-order valence-corrected chi connectivity index (χ0v) is 5.41. The molecule has 0 spiro atoms. The summed E-state index contributed by atoms with van der Waals surface area (Å²) >= 11 is 0. The maximum absolute atomic E-state index is 3.24. The molecule has 0 saturated carbocycles. The number of allylic oxidation sites excluding steroid dienone is 1. The Morgan fingerprint density at radius 2 is 2.38 bits per heavy atom. The van der Waals surface area contributed by atoms with Crippen molar-refractivity contribution < 1.29 is 0 Å². The second-order valence-electron chi connectivity index (χ2n) is 2.37. The van der Waals surface area contributed by atoms with Gasteiger partial charge in [0.05, 0.1) is 0 Å². The second-order valence-corrected chi connectivity index (χ2v) is 2.37. The fourth-order valence-electron chi connectivity index (χ4n) is 0.955. The van der Waals surface area contributed by atoms with Gasteiger partial charge in [-0.2, -0.15) is 0 Å². The molecule has 0 unspecified atom stereocenters. The molecule has 0 amide bonds. The Kier molecular flexibility index (Phi) is 1.93. The van der Waals surface area contributed by atoms with Crippen LogP contribution < -0.4 is 0 Å². The van der Waals surface area contributed by atoms with Gasteiger partial charge in [-0.1, -0.05) is 0 Å². The molecule has 0 nitrogen and oxygen atoms in total. The van der Waals surface area contributed by atoms with Gasteiger partial charge in [0, 0.05) is 0 Å². The smallest absolute Gasteiger partial charge is 0.0247 e. The first-order valence-electron chi connectivity index (χ1n) is 3.30. The molecule has 0 aromatic rings. The van der Waals surface area contributed by atoms with E-state index >= 15 is 0 Å². The average Bonchev–Trinajstić information content (AvgIpc) is 1.94. The van der Waals surface area contributed by atoms with E-state index in [9.17, 15) is 0 Å². The standard InChI is InChI=1S/C8H12/c1-8-6-4-2-3-5-7-8/h4H,2-3,5,7H2,1H3. The third-order valence-electron chi connectivity index (χ3n) is 1.50. The van der Waals surface area contributed by atoms with Crippen molar-refractivity contribution in [1.82, 2.24) is 0 Å². The molecule has 0 atom stereocenters. The van der Waals surface area contributed by atoms with E-state index in [1.807, 2.05) is 0 Å². The van der Waals surface area contributed by atoms with Crippen LogP contribution in [0.4, 0.5) is 0 Å². The van der Waals surface area contributed by atoms with E-state index in [0.717, 1.165) is 0 Å². The van der Waals surface area contributed by atoms with Crippen molar-refractivity contribution >= 4 is 0 Å². The number of hydrogen-bond donors (Lipinski definition) is 0. The van der Waals surface area contributed by atoms with Crippen molar-refractivity contribution in [1.29, 1.82) is 0 Å². The Hall–Kier alpha value is -0.480. The van der Waals surface area contributed by atoms with E-state index < -0.39 is 0 Å². The number of hydrogen-bond acceptors (Lipinski definition) is 0. The summed E-state index contributed by atoms with van der Waals surface area (Å²) < 4.78 is 0. The van der Waals surface area contributed by atoms with Gasteiger partial charge < -0.3 is 0 Å². The zero-order chi connectivity index (χ0) is 5.82. The highest BCUT2D eigenvalue weighted by atomic mass is 14.0. The monoisotopic (exact) mass is 108 g/mol. The van der Waals surface area contributed by atoms with Crippen LogP contribution >= 0.6 is 0 Å². The molecular formula is C8H12. The summed E-state index contributed by atoms with van der Waals surface area (Å²) in [7, 11) is 0. The van der Waals surface area contributed by atoms with Crippen LogP contribution in [0.5, 0.6) is 0 Å². The highest BCUT2D eigenvalue weighted by molar-refractivity contribution is 4.99. The Morgan fingerprint density at radius 1 is 1.50 bits per heavy atom. The lowest BCUT2D eigenvalue weighted by atomic mass is 10.1. The Morgan fingerprint density at radius 3 is 3.25 bits per heavy atom. The Labute approximate surface area is 50.9 Å². The van der Waals surface area contributed by atoms with Gasteiger partial charge in [-0.15, -0.1) is 5.73 Å². The number of rotatable bonds is 0. The van der Waals surface area contributed by atoms with E-state index in [1.165, 1.54) is 31.3 Å². The maximum Gasteiger partial charge on any atom is -0.0247 e. The van der Waals surface area contributed by atoms with Gasteiger partial charge >= 0.3 is 0 Å². The van der Waals surface area contributed by atoms with Crippen LogP contribution in [0.2, 0.25) is 0 Å². The highest BCUT2D eigenvalue weighted by Gasteiger charge is 1.91. The molecule has 1 rings (SSSR count). The molecule has 0 N–H and O–H groups in total. The Balaban J connectivity index is 2.56. The van der Waals surface area contributed by atoms with Crippen molar-refractivity contribution in [3.05, 3.63) is 17.4 Å². The first-order valence-corrected chi connectivity index (χ1v) is 3.30. The summed E-state index contributed by atoms with van der Waals surface area (Å²) in [5, 5.41) is 0. The van der Waals surface area contributed by atoms with Crippen molar-refractivity contribution in [2.24, 2.45) is 0 Å². The quantitative estimate of drug-likeness (QED) is 0.418. The molecule has 0 radical (unpaired) electrons. The fourth-order valence-corrected chi connectivity index (χ4v) is 0.955. The predicted octanol–water partition coefficient (Wildman–Crippen LogP) is 2.66.